The third-order valence-electron chi connectivity index (χ3n) is 3.40. The Morgan fingerprint density at radius 3 is 2.60 bits per heavy atom. The fraction of sp³-hybridized carbons (Fsp3) is 0.375. The van der Waals surface area contributed by atoms with Gasteiger partial charge >= 0.3 is 0 Å². The molecule has 1 heterocycles. The second kappa shape index (κ2) is 6.52. The summed E-state index contributed by atoms with van der Waals surface area (Å²) < 4.78 is 1.10. The predicted octanol–water partition coefficient (Wildman–Crippen LogP) is 4.50. The molecule has 0 aliphatic carbocycles. The Morgan fingerprint density at radius 1 is 1.15 bits per heavy atom. The molecule has 0 amide bonds. The second-order valence-electron chi connectivity index (χ2n) is 4.97. The summed E-state index contributed by atoms with van der Waals surface area (Å²) in [6.07, 6.45) is 1.08. The van der Waals surface area contributed by atoms with E-state index in [1.165, 1.54) is 11.1 Å². The highest BCUT2D eigenvalue weighted by atomic mass is 127. The van der Waals surface area contributed by atoms with Gasteiger partial charge in [-0.1, -0.05) is 25.1 Å². The predicted molar refractivity (Wildman–Crippen MR) is 93.2 cm³/mol. The Morgan fingerprint density at radius 2 is 1.90 bits per heavy atom. The van der Waals surface area contributed by atoms with Crippen LogP contribution in [0.15, 0.2) is 18.2 Å². The van der Waals surface area contributed by atoms with Crippen molar-refractivity contribution in [2.75, 3.05) is 11.9 Å². The number of nitrogens with zero attached hydrogens (tertiary/aromatic N) is 2. The summed E-state index contributed by atoms with van der Waals surface area (Å²) in [5, 5.41) is 3.39. The maximum atomic E-state index is 4.71. The summed E-state index contributed by atoms with van der Waals surface area (Å²) >= 11 is 2.31. The molecule has 0 bridgehead atoms. The van der Waals surface area contributed by atoms with Gasteiger partial charge in [0.15, 0.2) is 5.82 Å². The van der Waals surface area contributed by atoms with E-state index in [0.29, 0.717) is 0 Å². The summed E-state index contributed by atoms with van der Waals surface area (Å²) in [5.74, 6) is 1.75. The van der Waals surface area contributed by atoms with Gasteiger partial charge in [0.1, 0.15) is 5.82 Å². The van der Waals surface area contributed by atoms with Crippen molar-refractivity contribution in [3.63, 3.8) is 0 Å². The lowest BCUT2D eigenvalue weighted by Crippen LogP contribution is -2.08. The first kappa shape index (κ1) is 15.2. The second-order valence-corrected chi connectivity index (χ2v) is 6.05. The van der Waals surface area contributed by atoms with E-state index in [-0.39, 0.29) is 0 Å². The number of benzene rings is 1. The molecule has 106 valence electrons. The molecule has 4 heteroatoms. The van der Waals surface area contributed by atoms with Crippen LogP contribution in [-0.2, 0) is 0 Å². The van der Waals surface area contributed by atoms with E-state index in [1.54, 1.807) is 0 Å². The summed E-state index contributed by atoms with van der Waals surface area (Å²) in [7, 11) is 0. The topological polar surface area (TPSA) is 37.8 Å². The van der Waals surface area contributed by atoms with E-state index in [4.69, 9.17) is 4.98 Å². The zero-order chi connectivity index (χ0) is 14.7. The minimum absolute atomic E-state index is 0.808. The SMILES string of the molecule is CCCNc1nc(-c2cccc(C)c2C)nc(C)c1I. The standard InChI is InChI=1S/C16H20IN3/c1-5-9-18-16-14(17)12(4)19-15(20-16)13-8-6-7-10(2)11(13)3/h6-8H,5,9H2,1-4H3,(H,18,19,20). The molecule has 0 radical (unpaired) electrons. The van der Waals surface area contributed by atoms with E-state index in [2.05, 4.69) is 71.9 Å². The van der Waals surface area contributed by atoms with Crippen molar-refractivity contribution in [2.45, 2.75) is 34.1 Å². The number of halogens is 1. The Hall–Kier alpha value is -1.17. The van der Waals surface area contributed by atoms with Crippen molar-refractivity contribution >= 4 is 28.4 Å². The summed E-state index contributed by atoms with van der Waals surface area (Å²) in [6, 6.07) is 6.27. The molecule has 0 atom stereocenters. The molecule has 0 aliphatic rings. The van der Waals surface area contributed by atoms with Crippen molar-refractivity contribution in [3.05, 3.63) is 38.6 Å². The number of hydrogen-bond donors (Lipinski definition) is 1. The van der Waals surface area contributed by atoms with E-state index in [1.807, 2.05) is 6.92 Å². The number of rotatable bonds is 4. The van der Waals surface area contributed by atoms with E-state index in [0.717, 1.165) is 39.4 Å². The number of nitrogens with one attached hydrogen (secondary N) is 1. The molecule has 1 N–H and O–H groups in total. The van der Waals surface area contributed by atoms with E-state index < -0.39 is 0 Å². The first-order chi connectivity index (χ1) is 9.54. The molecule has 0 fully saturated rings. The summed E-state index contributed by atoms with van der Waals surface area (Å²) in [4.78, 5) is 9.37. The van der Waals surface area contributed by atoms with Gasteiger partial charge in [-0.2, -0.15) is 0 Å². The first-order valence-electron chi connectivity index (χ1n) is 6.89. The lowest BCUT2D eigenvalue weighted by molar-refractivity contribution is 0.958. The van der Waals surface area contributed by atoms with Gasteiger partial charge in [0.05, 0.1) is 9.26 Å². The maximum Gasteiger partial charge on any atom is 0.162 e. The van der Waals surface area contributed by atoms with Crippen molar-refractivity contribution in [1.29, 1.82) is 0 Å². The summed E-state index contributed by atoms with van der Waals surface area (Å²) in [6.45, 7) is 9.36. The monoisotopic (exact) mass is 381 g/mol. The summed E-state index contributed by atoms with van der Waals surface area (Å²) in [5.41, 5.74) is 4.65. The number of hydrogen-bond acceptors (Lipinski definition) is 3. The Kier molecular flexibility index (Phi) is 4.96. The van der Waals surface area contributed by atoms with Gasteiger partial charge in [0.25, 0.3) is 0 Å². The normalized spacial score (nSPS) is 10.7. The van der Waals surface area contributed by atoms with Gasteiger partial charge in [-0.15, -0.1) is 0 Å². The van der Waals surface area contributed by atoms with Crippen LogP contribution in [0.2, 0.25) is 0 Å². The van der Waals surface area contributed by atoms with Gasteiger partial charge in [-0.05, 0) is 60.9 Å². The molecule has 20 heavy (non-hydrogen) atoms. The largest absolute Gasteiger partial charge is 0.369 e. The smallest absolute Gasteiger partial charge is 0.162 e. The highest BCUT2D eigenvalue weighted by molar-refractivity contribution is 14.1. The quantitative estimate of drug-likeness (QED) is 0.793. The fourth-order valence-electron chi connectivity index (χ4n) is 2.03. The number of aryl methyl sites for hydroxylation is 2. The lowest BCUT2D eigenvalue weighted by atomic mass is 10.0. The lowest BCUT2D eigenvalue weighted by Gasteiger charge is -2.13. The number of anilines is 1. The molecule has 3 nitrogen and oxygen atoms in total. The van der Waals surface area contributed by atoms with Crippen molar-refractivity contribution < 1.29 is 0 Å². The minimum atomic E-state index is 0.808. The Labute approximate surface area is 134 Å². The van der Waals surface area contributed by atoms with Crippen LogP contribution in [0.5, 0.6) is 0 Å². The van der Waals surface area contributed by atoms with Crippen molar-refractivity contribution in [1.82, 2.24) is 9.97 Å². The van der Waals surface area contributed by atoms with Gasteiger partial charge in [0.2, 0.25) is 0 Å². The van der Waals surface area contributed by atoms with Gasteiger partial charge < -0.3 is 5.32 Å². The Balaban J connectivity index is 2.52. The zero-order valence-electron chi connectivity index (χ0n) is 12.4. The zero-order valence-corrected chi connectivity index (χ0v) is 14.6. The molecule has 1 aromatic heterocycles. The molecular weight excluding hydrogens is 361 g/mol. The van der Waals surface area contributed by atoms with Gasteiger partial charge in [-0.3, -0.25) is 0 Å². The molecule has 2 rings (SSSR count). The molecular formula is C16H20IN3. The van der Waals surface area contributed by atoms with Crippen LogP contribution in [0.1, 0.15) is 30.2 Å². The van der Waals surface area contributed by atoms with Crippen molar-refractivity contribution in [3.8, 4) is 11.4 Å². The molecule has 0 saturated heterocycles. The third-order valence-corrected chi connectivity index (χ3v) is 4.70. The average Bonchev–Trinajstić information content (AvgIpc) is 2.43. The molecule has 0 spiro atoms. The van der Waals surface area contributed by atoms with Gasteiger partial charge in [0, 0.05) is 12.1 Å². The molecule has 1 aromatic carbocycles. The molecule has 0 aliphatic heterocycles. The maximum absolute atomic E-state index is 4.71. The van der Waals surface area contributed by atoms with Crippen LogP contribution >= 0.6 is 22.6 Å². The molecule has 2 aromatic rings. The van der Waals surface area contributed by atoms with Crippen molar-refractivity contribution in [2.24, 2.45) is 0 Å². The number of aromatic nitrogens is 2. The van der Waals surface area contributed by atoms with Gasteiger partial charge in [-0.25, -0.2) is 9.97 Å². The molecule has 0 unspecified atom stereocenters. The van der Waals surface area contributed by atoms with Crippen LogP contribution in [-0.4, -0.2) is 16.5 Å². The van der Waals surface area contributed by atoms with Crippen LogP contribution in [0.25, 0.3) is 11.4 Å². The van der Waals surface area contributed by atoms with Crippen LogP contribution in [0, 0.1) is 24.3 Å². The highest BCUT2D eigenvalue weighted by Gasteiger charge is 2.12. The van der Waals surface area contributed by atoms with Crippen LogP contribution < -0.4 is 5.32 Å². The average molecular weight is 381 g/mol. The van der Waals surface area contributed by atoms with Crippen LogP contribution in [0.3, 0.4) is 0 Å². The third kappa shape index (κ3) is 3.11. The fourth-order valence-corrected chi connectivity index (χ4v) is 2.47. The van der Waals surface area contributed by atoms with E-state index in [9.17, 15) is 0 Å². The van der Waals surface area contributed by atoms with E-state index >= 15 is 0 Å². The van der Waals surface area contributed by atoms with Crippen LogP contribution in [0.4, 0.5) is 5.82 Å². The molecule has 0 saturated carbocycles. The Bertz CT molecular complexity index is 623. The minimum Gasteiger partial charge on any atom is -0.369 e. The first-order valence-corrected chi connectivity index (χ1v) is 7.97. The highest BCUT2D eigenvalue weighted by Crippen LogP contribution is 2.26.